The van der Waals surface area contributed by atoms with E-state index in [1.165, 1.54) is 11.3 Å². The number of carbonyl (C=O) groups is 1. The minimum Gasteiger partial charge on any atom is -0.318 e. The van der Waals surface area contributed by atoms with Crippen molar-refractivity contribution in [2.75, 3.05) is 5.32 Å². The normalized spacial score (nSPS) is 10.6. The minimum absolute atomic E-state index is 0.255. The number of thiazole rings is 1. The minimum atomic E-state index is -0.255. The van der Waals surface area contributed by atoms with Crippen molar-refractivity contribution in [3.63, 3.8) is 0 Å². The van der Waals surface area contributed by atoms with Gasteiger partial charge in [-0.15, -0.1) is 11.3 Å². The Morgan fingerprint density at radius 1 is 1.53 bits per heavy atom. The molecule has 19 heavy (non-hydrogen) atoms. The zero-order valence-corrected chi connectivity index (χ0v) is 10.8. The maximum atomic E-state index is 12.0. The number of hydrogen-bond donors (Lipinski definition) is 2. The number of aromatic amines is 1. The molecule has 0 aliphatic rings. The second-order valence-electron chi connectivity index (χ2n) is 3.87. The Kier molecular flexibility index (Phi) is 2.84. The van der Waals surface area contributed by atoms with Gasteiger partial charge < -0.3 is 5.32 Å². The third-order valence-corrected chi connectivity index (χ3v) is 3.31. The summed E-state index contributed by atoms with van der Waals surface area (Å²) in [7, 11) is 1.79. The molecule has 0 saturated carbocycles. The van der Waals surface area contributed by atoms with E-state index in [2.05, 4.69) is 25.6 Å². The molecular weight excluding hydrogens is 264 g/mol. The smallest absolute Gasteiger partial charge is 0.275 e. The zero-order valence-electron chi connectivity index (χ0n) is 9.99. The number of hydrogen-bond acceptors (Lipinski definition) is 5. The maximum Gasteiger partial charge on any atom is 0.275 e. The molecule has 96 valence electrons. The summed E-state index contributed by atoms with van der Waals surface area (Å²) in [6.07, 6.45) is 4.95. The Morgan fingerprint density at radius 3 is 3.11 bits per heavy atom. The van der Waals surface area contributed by atoms with Crippen LogP contribution in [0.15, 0.2) is 30.0 Å². The zero-order chi connectivity index (χ0) is 13.2. The van der Waals surface area contributed by atoms with E-state index in [1.54, 1.807) is 35.7 Å². The van der Waals surface area contributed by atoms with Gasteiger partial charge in [0.1, 0.15) is 10.7 Å². The lowest BCUT2D eigenvalue weighted by Crippen LogP contribution is -2.11. The van der Waals surface area contributed by atoms with Gasteiger partial charge in [-0.2, -0.15) is 10.2 Å². The van der Waals surface area contributed by atoms with E-state index in [4.69, 9.17) is 0 Å². The first-order valence-corrected chi connectivity index (χ1v) is 6.35. The lowest BCUT2D eigenvalue weighted by atomic mass is 10.4. The van der Waals surface area contributed by atoms with Gasteiger partial charge in [0.05, 0.1) is 17.6 Å². The van der Waals surface area contributed by atoms with E-state index in [9.17, 15) is 4.79 Å². The lowest BCUT2D eigenvalue weighted by Gasteiger charge is -1.97. The Bertz CT molecular complexity index is 698. The van der Waals surface area contributed by atoms with Crippen LogP contribution >= 0.6 is 11.3 Å². The van der Waals surface area contributed by atoms with Gasteiger partial charge >= 0.3 is 0 Å². The second-order valence-corrected chi connectivity index (χ2v) is 4.72. The average Bonchev–Trinajstić information content (AvgIpc) is 3.08. The van der Waals surface area contributed by atoms with E-state index in [1.807, 2.05) is 6.07 Å². The van der Waals surface area contributed by atoms with Crippen molar-refractivity contribution in [2.45, 2.75) is 0 Å². The van der Waals surface area contributed by atoms with E-state index in [0.717, 1.165) is 10.7 Å². The standard InChI is InChI=1S/C11H10N6OS/c1-17-5-7(4-13-17)14-10(18)9-6-19-11(15-9)8-2-3-12-16-8/h2-6H,1H3,(H,12,16)(H,14,18). The number of amides is 1. The van der Waals surface area contributed by atoms with Crippen LogP contribution in [0, 0.1) is 0 Å². The Labute approximate surface area is 112 Å². The first kappa shape index (κ1) is 11.6. The van der Waals surface area contributed by atoms with Gasteiger partial charge in [-0.05, 0) is 6.07 Å². The van der Waals surface area contributed by atoms with Crippen LogP contribution in [-0.2, 0) is 7.05 Å². The van der Waals surface area contributed by atoms with Crippen molar-refractivity contribution in [1.29, 1.82) is 0 Å². The summed E-state index contributed by atoms with van der Waals surface area (Å²) in [4.78, 5) is 16.2. The van der Waals surface area contributed by atoms with Gasteiger partial charge in [-0.3, -0.25) is 14.6 Å². The summed E-state index contributed by atoms with van der Waals surface area (Å²) in [5.41, 5.74) is 1.81. The topological polar surface area (TPSA) is 88.5 Å². The summed E-state index contributed by atoms with van der Waals surface area (Å²) in [5.74, 6) is -0.255. The fraction of sp³-hybridized carbons (Fsp3) is 0.0909. The molecule has 0 aromatic carbocycles. The van der Waals surface area contributed by atoms with Gasteiger partial charge in [-0.1, -0.05) is 0 Å². The van der Waals surface area contributed by atoms with Gasteiger partial charge in [0.25, 0.3) is 5.91 Å². The summed E-state index contributed by atoms with van der Waals surface area (Å²) in [6, 6.07) is 1.81. The molecule has 0 radical (unpaired) electrons. The predicted molar refractivity (Wildman–Crippen MR) is 70.9 cm³/mol. The fourth-order valence-electron chi connectivity index (χ4n) is 1.56. The summed E-state index contributed by atoms with van der Waals surface area (Å²) in [6.45, 7) is 0. The van der Waals surface area contributed by atoms with Crippen LogP contribution < -0.4 is 5.32 Å². The van der Waals surface area contributed by atoms with Gasteiger partial charge in [0.15, 0.2) is 0 Å². The summed E-state index contributed by atoms with van der Waals surface area (Å²) in [5, 5.41) is 15.8. The largest absolute Gasteiger partial charge is 0.318 e. The van der Waals surface area contributed by atoms with Crippen molar-refractivity contribution < 1.29 is 4.79 Å². The molecule has 0 bridgehead atoms. The quantitative estimate of drug-likeness (QED) is 0.758. The van der Waals surface area contributed by atoms with Crippen molar-refractivity contribution in [2.24, 2.45) is 7.05 Å². The van der Waals surface area contributed by atoms with Gasteiger partial charge in [-0.25, -0.2) is 4.98 Å². The summed E-state index contributed by atoms with van der Waals surface area (Å²) >= 11 is 1.39. The number of carbonyl (C=O) groups excluding carboxylic acids is 1. The van der Waals surface area contributed by atoms with Crippen LogP contribution in [-0.4, -0.2) is 30.9 Å². The molecule has 8 heteroatoms. The monoisotopic (exact) mass is 274 g/mol. The predicted octanol–water partition coefficient (Wildman–Crippen LogP) is 1.52. The molecule has 3 aromatic heterocycles. The first-order chi connectivity index (χ1) is 9.22. The molecule has 0 aliphatic heterocycles. The molecule has 0 aliphatic carbocycles. The Balaban J connectivity index is 1.77. The van der Waals surface area contributed by atoms with E-state index in [-0.39, 0.29) is 5.91 Å². The van der Waals surface area contributed by atoms with Crippen molar-refractivity contribution >= 4 is 22.9 Å². The molecule has 0 spiro atoms. The second kappa shape index (κ2) is 4.65. The average molecular weight is 274 g/mol. The fourth-order valence-corrected chi connectivity index (χ4v) is 2.33. The lowest BCUT2D eigenvalue weighted by molar-refractivity contribution is 0.102. The van der Waals surface area contributed by atoms with Crippen LogP contribution in [0.2, 0.25) is 0 Å². The van der Waals surface area contributed by atoms with Gasteiger partial charge in [0.2, 0.25) is 0 Å². The molecular formula is C11H10N6OS. The number of H-pyrrole nitrogens is 1. The van der Waals surface area contributed by atoms with Crippen molar-refractivity contribution in [1.82, 2.24) is 25.0 Å². The number of anilines is 1. The number of aryl methyl sites for hydroxylation is 1. The molecule has 2 N–H and O–H groups in total. The molecule has 0 saturated heterocycles. The SMILES string of the molecule is Cn1cc(NC(=O)c2csc(-c3ccn[nH]3)n2)cn1. The summed E-state index contributed by atoms with van der Waals surface area (Å²) < 4.78 is 1.62. The Hall–Kier alpha value is -2.48. The van der Waals surface area contributed by atoms with Crippen molar-refractivity contribution in [3.05, 3.63) is 35.7 Å². The molecule has 3 aromatic rings. The van der Waals surface area contributed by atoms with Crippen LogP contribution in [0.1, 0.15) is 10.5 Å². The number of rotatable bonds is 3. The van der Waals surface area contributed by atoms with Crippen molar-refractivity contribution in [3.8, 4) is 10.7 Å². The highest BCUT2D eigenvalue weighted by Crippen LogP contribution is 2.21. The van der Waals surface area contributed by atoms with E-state index >= 15 is 0 Å². The van der Waals surface area contributed by atoms with E-state index < -0.39 is 0 Å². The number of nitrogens with one attached hydrogen (secondary N) is 2. The van der Waals surface area contributed by atoms with Crippen LogP contribution in [0.5, 0.6) is 0 Å². The van der Waals surface area contributed by atoms with Gasteiger partial charge in [0, 0.05) is 24.8 Å². The Morgan fingerprint density at radius 2 is 2.42 bits per heavy atom. The molecule has 3 heterocycles. The number of aromatic nitrogens is 5. The first-order valence-electron chi connectivity index (χ1n) is 5.47. The van der Waals surface area contributed by atoms with Crippen LogP contribution in [0.4, 0.5) is 5.69 Å². The maximum absolute atomic E-state index is 12.0. The molecule has 0 unspecified atom stereocenters. The van der Waals surface area contributed by atoms with E-state index in [0.29, 0.717) is 11.4 Å². The van der Waals surface area contributed by atoms with Crippen LogP contribution in [0.25, 0.3) is 10.7 Å². The third-order valence-electron chi connectivity index (χ3n) is 2.43. The highest BCUT2D eigenvalue weighted by Gasteiger charge is 2.13. The molecule has 7 nitrogen and oxygen atoms in total. The molecule has 3 rings (SSSR count). The molecule has 0 fully saturated rings. The highest BCUT2D eigenvalue weighted by molar-refractivity contribution is 7.13. The highest BCUT2D eigenvalue weighted by atomic mass is 32.1. The number of nitrogens with zero attached hydrogens (tertiary/aromatic N) is 4. The molecule has 1 amide bonds. The van der Waals surface area contributed by atoms with Crippen LogP contribution in [0.3, 0.4) is 0 Å². The molecule has 0 atom stereocenters. The third kappa shape index (κ3) is 2.38.